The number of carbonyl (C=O) groups is 1. The molecular formula is C9H13NO3. The largest absolute Gasteiger partial charge is 0.435 e. The van der Waals surface area contributed by atoms with E-state index in [-0.39, 0.29) is 24.1 Å². The number of ether oxygens (including phenoxy) is 2. The third kappa shape index (κ3) is 0.849. The highest BCUT2D eigenvalue weighted by molar-refractivity contribution is 5.77. The first-order valence-electron chi connectivity index (χ1n) is 4.80. The van der Waals surface area contributed by atoms with Gasteiger partial charge in [0.2, 0.25) is 6.29 Å². The van der Waals surface area contributed by atoms with Gasteiger partial charge in [-0.3, -0.25) is 4.79 Å². The number of carbonyl (C=O) groups excluding carboxylic acids is 1. The molecule has 13 heavy (non-hydrogen) atoms. The molecule has 3 heterocycles. The maximum Gasteiger partial charge on any atom is 0.313 e. The Morgan fingerprint density at radius 2 is 2.23 bits per heavy atom. The van der Waals surface area contributed by atoms with Gasteiger partial charge in [0.25, 0.3) is 0 Å². The molecule has 0 aromatic heterocycles. The number of esters is 1. The Morgan fingerprint density at radius 1 is 1.46 bits per heavy atom. The molecule has 72 valence electrons. The van der Waals surface area contributed by atoms with Crippen molar-refractivity contribution in [1.82, 2.24) is 5.32 Å². The van der Waals surface area contributed by atoms with Crippen LogP contribution in [0, 0.1) is 11.8 Å². The summed E-state index contributed by atoms with van der Waals surface area (Å²) in [5, 5.41) is 3.44. The van der Waals surface area contributed by atoms with Crippen LogP contribution in [0.2, 0.25) is 0 Å². The van der Waals surface area contributed by atoms with Crippen molar-refractivity contribution < 1.29 is 14.3 Å². The Hall–Kier alpha value is -0.610. The number of fused-ring (bicyclic) bond motifs is 5. The molecule has 3 fully saturated rings. The van der Waals surface area contributed by atoms with Crippen LogP contribution in [-0.4, -0.2) is 31.5 Å². The smallest absolute Gasteiger partial charge is 0.313 e. The Balaban J connectivity index is 1.92. The molecule has 5 atom stereocenters. The lowest BCUT2D eigenvalue weighted by atomic mass is 9.81. The van der Waals surface area contributed by atoms with E-state index in [9.17, 15) is 4.79 Å². The van der Waals surface area contributed by atoms with Crippen LogP contribution in [0.15, 0.2) is 0 Å². The van der Waals surface area contributed by atoms with E-state index in [0.717, 1.165) is 12.8 Å². The molecule has 0 aromatic carbocycles. The average molecular weight is 183 g/mol. The second-order valence-corrected chi connectivity index (χ2v) is 4.10. The lowest BCUT2D eigenvalue weighted by Crippen LogP contribution is -2.32. The van der Waals surface area contributed by atoms with Crippen molar-refractivity contribution in [1.29, 1.82) is 0 Å². The van der Waals surface area contributed by atoms with E-state index in [2.05, 4.69) is 5.32 Å². The fourth-order valence-electron chi connectivity index (χ4n) is 3.06. The van der Waals surface area contributed by atoms with Crippen LogP contribution in [0.25, 0.3) is 0 Å². The van der Waals surface area contributed by atoms with Gasteiger partial charge in [-0.2, -0.15) is 0 Å². The van der Waals surface area contributed by atoms with E-state index in [1.807, 2.05) is 0 Å². The molecule has 0 saturated carbocycles. The summed E-state index contributed by atoms with van der Waals surface area (Å²) in [6.07, 6.45) is 1.96. The molecule has 3 rings (SSSR count). The third-order valence-electron chi connectivity index (χ3n) is 3.58. The van der Waals surface area contributed by atoms with Gasteiger partial charge in [0.15, 0.2) is 0 Å². The Kier molecular flexibility index (Phi) is 1.46. The van der Waals surface area contributed by atoms with Crippen LogP contribution in [0.1, 0.15) is 12.8 Å². The van der Waals surface area contributed by atoms with Crippen molar-refractivity contribution in [3.8, 4) is 0 Å². The van der Waals surface area contributed by atoms with Crippen molar-refractivity contribution in [3.05, 3.63) is 0 Å². The zero-order valence-corrected chi connectivity index (χ0v) is 7.53. The quantitative estimate of drug-likeness (QED) is 0.576. The molecule has 0 aliphatic carbocycles. The number of cyclic esters (lactones) is 1. The molecule has 4 nitrogen and oxygen atoms in total. The Morgan fingerprint density at radius 3 is 3.00 bits per heavy atom. The van der Waals surface area contributed by atoms with Crippen molar-refractivity contribution in [2.24, 2.45) is 11.8 Å². The fourth-order valence-corrected chi connectivity index (χ4v) is 3.06. The molecule has 2 bridgehead atoms. The van der Waals surface area contributed by atoms with E-state index >= 15 is 0 Å². The summed E-state index contributed by atoms with van der Waals surface area (Å²) in [6, 6.07) is 0.786. The topological polar surface area (TPSA) is 47.6 Å². The Bertz CT molecular complexity index is 255. The molecule has 3 aliphatic heterocycles. The van der Waals surface area contributed by atoms with Crippen LogP contribution in [-0.2, 0) is 14.3 Å². The van der Waals surface area contributed by atoms with Gasteiger partial charge in [-0.15, -0.1) is 0 Å². The van der Waals surface area contributed by atoms with Crippen molar-refractivity contribution in [3.63, 3.8) is 0 Å². The highest BCUT2D eigenvalue weighted by Gasteiger charge is 2.59. The van der Waals surface area contributed by atoms with Gasteiger partial charge in [0, 0.05) is 19.2 Å². The molecule has 3 aliphatic rings. The van der Waals surface area contributed by atoms with E-state index < -0.39 is 0 Å². The molecule has 5 unspecified atom stereocenters. The van der Waals surface area contributed by atoms with Gasteiger partial charge in [-0.25, -0.2) is 0 Å². The molecule has 0 aromatic rings. The highest BCUT2D eigenvalue weighted by Crippen LogP contribution is 2.45. The van der Waals surface area contributed by atoms with E-state index in [1.54, 1.807) is 7.11 Å². The normalized spacial score (nSPS) is 52.4. The first kappa shape index (κ1) is 7.76. The molecule has 1 N–H and O–H groups in total. The average Bonchev–Trinajstić information content (AvgIpc) is 2.76. The van der Waals surface area contributed by atoms with Gasteiger partial charge in [-0.05, 0) is 12.8 Å². The number of methoxy groups -OCH3 is 1. The van der Waals surface area contributed by atoms with Crippen LogP contribution in [0.3, 0.4) is 0 Å². The second-order valence-electron chi connectivity index (χ2n) is 4.10. The maximum absolute atomic E-state index is 11.5. The SMILES string of the molecule is COC1OC(=O)C2C3CCC(N3)C12. The van der Waals surface area contributed by atoms with Crippen molar-refractivity contribution in [2.75, 3.05) is 7.11 Å². The monoisotopic (exact) mass is 183 g/mol. The molecule has 0 amide bonds. The fraction of sp³-hybridized carbons (Fsp3) is 0.889. The standard InChI is InChI=1S/C9H13NO3/c1-12-9-7-5-3-2-4(10-5)6(7)8(11)13-9/h4-7,9-10H,2-3H2,1H3. The van der Waals surface area contributed by atoms with Crippen LogP contribution < -0.4 is 5.32 Å². The molecule has 3 saturated heterocycles. The summed E-state index contributed by atoms with van der Waals surface area (Å²) in [6.45, 7) is 0. The minimum atomic E-state index is -0.305. The van der Waals surface area contributed by atoms with E-state index in [4.69, 9.17) is 9.47 Å². The lowest BCUT2D eigenvalue weighted by molar-refractivity contribution is -0.163. The molecule has 4 heteroatoms. The molecular weight excluding hydrogens is 170 g/mol. The minimum absolute atomic E-state index is 0.0590. The lowest BCUT2D eigenvalue weighted by Gasteiger charge is -2.21. The zero-order chi connectivity index (χ0) is 9.00. The van der Waals surface area contributed by atoms with Gasteiger partial charge in [0.1, 0.15) is 0 Å². The number of hydrogen-bond acceptors (Lipinski definition) is 4. The first-order valence-corrected chi connectivity index (χ1v) is 4.80. The summed E-state index contributed by atoms with van der Waals surface area (Å²) in [5.41, 5.74) is 0. The predicted octanol–water partition coefficient (Wildman–Crippen LogP) is -0.118. The van der Waals surface area contributed by atoms with Gasteiger partial charge in [0.05, 0.1) is 11.8 Å². The van der Waals surface area contributed by atoms with Gasteiger partial charge in [-0.1, -0.05) is 0 Å². The van der Waals surface area contributed by atoms with Gasteiger partial charge < -0.3 is 14.8 Å². The van der Waals surface area contributed by atoms with Crippen molar-refractivity contribution in [2.45, 2.75) is 31.2 Å². The van der Waals surface area contributed by atoms with Crippen molar-refractivity contribution >= 4 is 5.97 Å². The number of nitrogens with one attached hydrogen (secondary N) is 1. The summed E-state index contributed by atoms with van der Waals surface area (Å²) in [7, 11) is 1.60. The Labute approximate surface area is 76.6 Å². The zero-order valence-electron chi connectivity index (χ0n) is 7.53. The predicted molar refractivity (Wildman–Crippen MR) is 43.8 cm³/mol. The second kappa shape index (κ2) is 2.45. The summed E-state index contributed by atoms with van der Waals surface area (Å²) in [4.78, 5) is 11.5. The molecule has 0 radical (unpaired) electrons. The third-order valence-corrected chi connectivity index (χ3v) is 3.58. The minimum Gasteiger partial charge on any atom is -0.435 e. The van der Waals surface area contributed by atoms with E-state index in [1.165, 1.54) is 0 Å². The van der Waals surface area contributed by atoms with Crippen LogP contribution in [0.5, 0.6) is 0 Å². The van der Waals surface area contributed by atoms with Crippen LogP contribution in [0.4, 0.5) is 0 Å². The first-order chi connectivity index (χ1) is 6.31. The number of rotatable bonds is 1. The maximum atomic E-state index is 11.5. The van der Waals surface area contributed by atoms with Gasteiger partial charge >= 0.3 is 5.97 Å². The van der Waals surface area contributed by atoms with Crippen LogP contribution >= 0.6 is 0 Å². The highest BCUT2D eigenvalue weighted by atomic mass is 16.7. The van der Waals surface area contributed by atoms with E-state index in [0.29, 0.717) is 12.1 Å². The summed E-state index contributed by atoms with van der Waals surface area (Å²) < 4.78 is 10.3. The summed E-state index contributed by atoms with van der Waals surface area (Å²) >= 11 is 0. The number of hydrogen-bond donors (Lipinski definition) is 1. The summed E-state index contributed by atoms with van der Waals surface area (Å²) in [5.74, 6) is 0.247. The molecule has 0 spiro atoms.